The zero-order valence-electron chi connectivity index (χ0n) is 9.72. The van der Waals surface area contributed by atoms with Crippen LogP contribution in [0.2, 0.25) is 0 Å². The van der Waals surface area contributed by atoms with Gasteiger partial charge in [-0.15, -0.1) is 11.3 Å². The molecule has 4 nitrogen and oxygen atoms in total. The predicted octanol–water partition coefficient (Wildman–Crippen LogP) is -0.155. The second kappa shape index (κ2) is 8.23. The molecule has 0 aliphatic heterocycles. The maximum atomic E-state index is 8.94. The van der Waals surface area contributed by atoms with Crippen LogP contribution in [0.5, 0.6) is 0 Å². The van der Waals surface area contributed by atoms with E-state index in [0.717, 1.165) is 10.4 Å². The Labute approximate surface area is 106 Å². The third-order valence-electron chi connectivity index (χ3n) is 2.27. The summed E-state index contributed by atoms with van der Waals surface area (Å²) in [4.78, 5) is 3.15. The standard InChI is InChI=1S/C12H18N2O2S/c13-4-1-2-11-3-9-17-12(11)10-14(5-7-15)6-8-16/h3,9,15-16H,4-8,10,13H2. The second-order valence-corrected chi connectivity index (χ2v) is 4.49. The smallest absolute Gasteiger partial charge is 0.0558 e. The van der Waals surface area contributed by atoms with Crippen molar-refractivity contribution >= 4 is 11.3 Å². The van der Waals surface area contributed by atoms with Gasteiger partial charge in [0.2, 0.25) is 0 Å². The van der Waals surface area contributed by atoms with Gasteiger partial charge in [0.05, 0.1) is 19.8 Å². The molecule has 0 unspecified atom stereocenters. The van der Waals surface area contributed by atoms with Crippen molar-refractivity contribution in [3.63, 3.8) is 0 Å². The lowest BCUT2D eigenvalue weighted by atomic mass is 10.2. The minimum atomic E-state index is 0.0924. The summed E-state index contributed by atoms with van der Waals surface area (Å²) in [7, 11) is 0. The summed E-state index contributed by atoms with van der Waals surface area (Å²) in [5.74, 6) is 5.86. The van der Waals surface area contributed by atoms with Gasteiger partial charge in [0.1, 0.15) is 0 Å². The van der Waals surface area contributed by atoms with Crippen LogP contribution in [-0.4, -0.2) is 48.0 Å². The average Bonchev–Trinajstić information content (AvgIpc) is 2.74. The molecule has 4 N–H and O–H groups in total. The highest BCUT2D eigenvalue weighted by molar-refractivity contribution is 7.10. The van der Waals surface area contributed by atoms with Crippen LogP contribution in [-0.2, 0) is 6.54 Å². The first-order valence-corrected chi connectivity index (χ1v) is 6.39. The largest absolute Gasteiger partial charge is 0.395 e. The molecule has 0 aromatic carbocycles. The van der Waals surface area contributed by atoms with Crippen LogP contribution in [0.1, 0.15) is 10.4 Å². The van der Waals surface area contributed by atoms with Gasteiger partial charge in [0, 0.05) is 30.1 Å². The Hall–Kier alpha value is -0.900. The third kappa shape index (κ3) is 4.86. The fourth-order valence-corrected chi connectivity index (χ4v) is 2.35. The molecule has 0 amide bonds. The van der Waals surface area contributed by atoms with Gasteiger partial charge >= 0.3 is 0 Å². The summed E-state index contributed by atoms with van der Waals surface area (Å²) in [5.41, 5.74) is 6.33. The molecule has 0 aliphatic carbocycles. The number of aliphatic hydroxyl groups is 2. The number of hydrogen-bond acceptors (Lipinski definition) is 5. The summed E-state index contributed by atoms with van der Waals surface area (Å²) >= 11 is 1.63. The zero-order valence-corrected chi connectivity index (χ0v) is 10.5. The van der Waals surface area contributed by atoms with E-state index >= 15 is 0 Å². The minimum absolute atomic E-state index is 0.0924. The lowest BCUT2D eigenvalue weighted by molar-refractivity contribution is 0.156. The molecule has 0 bridgehead atoms. The van der Waals surface area contributed by atoms with Crippen molar-refractivity contribution < 1.29 is 10.2 Å². The summed E-state index contributed by atoms with van der Waals surface area (Å²) in [5, 5.41) is 19.9. The van der Waals surface area contributed by atoms with Crippen molar-refractivity contribution in [2.45, 2.75) is 6.54 Å². The molecule has 0 fully saturated rings. The van der Waals surface area contributed by atoms with Crippen LogP contribution in [0.25, 0.3) is 0 Å². The first kappa shape index (κ1) is 14.2. The monoisotopic (exact) mass is 254 g/mol. The van der Waals surface area contributed by atoms with Crippen LogP contribution in [0.4, 0.5) is 0 Å². The van der Waals surface area contributed by atoms with Gasteiger partial charge in [-0.25, -0.2) is 0 Å². The van der Waals surface area contributed by atoms with Crippen LogP contribution in [0.15, 0.2) is 11.4 Å². The molecule has 1 rings (SSSR count). The molecule has 0 spiro atoms. The number of nitrogens with two attached hydrogens (primary N) is 1. The van der Waals surface area contributed by atoms with E-state index in [0.29, 0.717) is 26.2 Å². The molecule has 0 atom stereocenters. The van der Waals surface area contributed by atoms with Crippen molar-refractivity contribution in [2.24, 2.45) is 5.73 Å². The topological polar surface area (TPSA) is 69.7 Å². The van der Waals surface area contributed by atoms with Crippen molar-refractivity contribution in [1.29, 1.82) is 0 Å². The average molecular weight is 254 g/mol. The first-order chi connectivity index (χ1) is 8.31. The van der Waals surface area contributed by atoms with Gasteiger partial charge in [-0.3, -0.25) is 4.90 Å². The van der Waals surface area contributed by atoms with Gasteiger partial charge in [-0.05, 0) is 11.4 Å². The highest BCUT2D eigenvalue weighted by Crippen LogP contribution is 2.17. The minimum Gasteiger partial charge on any atom is -0.395 e. The quantitative estimate of drug-likeness (QED) is 0.617. The highest BCUT2D eigenvalue weighted by Gasteiger charge is 2.08. The fourth-order valence-electron chi connectivity index (χ4n) is 1.48. The zero-order chi connectivity index (χ0) is 12.5. The maximum absolute atomic E-state index is 8.94. The first-order valence-electron chi connectivity index (χ1n) is 5.51. The molecule has 0 saturated heterocycles. The molecule has 0 radical (unpaired) electrons. The Bertz CT molecular complexity index is 375. The van der Waals surface area contributed by atoms with Gasteiger partial charge in [0.25, 0.3) is 0 Å². The summed E-state index contributed by atoms with van der Waals surface area (Å²) in [6.45, 7) is 2.36. The molecule has 1 aromatic rings. The van der Waals surface area contributed by atoms with E-state index in [1.54, 1.807) is 11.3 Å². The molecule has 5 heteroatoms. The molecule has 0 saturated carbocycles. The van der Waals surface area contributed by atoms with Crippen molar-refractivity contribution in [1.82, 2.24) is 4.90 Å². The van der Waals surface area contributed by atoms with Crippen LogP contribution in [0.3, 0.4) is 0 Å². The van der Waals surface area contributed by atoms with Crippen LogP contribution in [0, 0.1) is 11.8 Å². The van der Waals surface area contributed by atoms with E-state index in [1.165, 1.54) is 0 Å². The normalized spacial score (nSPS) is 10.4. The third-order valence-corrected chi connectivity index (χ3v) is 3.18. The summed E-state index contributed by atoms with van der Waals surface area (Å²) in [6.07, 6.45) is 0. The van der Waals surface area contributed by atoms with Gasteiger partial charge in [0.15, 0.2) is 0 Å². The van der Waals surface area contributed by atoms with E-state index in [9.17, 15) is 0 Å². The Morgan fingerprint density at radius 3 is 2.59 bits per heavy atom. The van der Waals surface area contributed by atoms with Gasteiger partial charge in [-0.2, -0.15) is 0 Å². The Kier molecular flexibility index (Phi) is 6.86. The summed E-state index contributed by atoms with van der Waals surface area (Å²) < 4.78 is 0. The molecule has 1 heterocycles. The van der Waals surface area contributed by atoms with Crippen LogP contribution >= 0.6 is 11.3 Å². The number of hydrogen-bond donors (Lipinski definition) is 3. The van der Waals surface area contributed by atoms with Crippen molar-refractivity contribution in [3.8, 4) is 11.8 Å². The molecular weight excluding hydrogens is 236 g/mol. The Morgan fingerprint density at radius 2 is 2.00 bits per heavy atom. The van der Waals surface area contributed by atoms with Crippen LogP contribution < -0.4 is 5.73 Å². The predicted molar refractivity (Wildman–Crippen MR) is 69.7 cm³/mol. The maximum Gasteiger partial charge on any atom is 0.0558 e. The Morgan fingerprint density at radius 1 is 1.29 bits per heavy atom. The highest BCUT2D eigenvalue weighted by atomic mass is 32.1. The van der Waals surface area contributed by atoms with E-state index in [-0.39, 0.29) is 13.2 Å². The molecule has 94 valence electrons. The second-order valence-electron chi connectivity index (χ2n) is 3.49. The van der Waals surface area contributed by atoms with Gasteiger partial charge < -0.3 is 15.9 Å². The number of nitrogens with zero attached hydrogens (tertiary/aromatic N) is 1. The lowest BCUT2D eigenvalue weighted by Gasteiger charge is -2.19. The lowest BCUT2D eigenvalue weighted by Crippen LogP contribution is -2.29. The summed E-state index contributed by atoms with van der Waals surface area (Å²) in [6, 6.07) is 1.97. The van der Waals surface area contributed by atoms with Gasteiger partial charge in [-0.1, -0.05) is 11.8 Å². The number of rotatable bonds is 6. The fraction of sp³-hybridized carbons (Fsp3) is 0.500. The molecular formula is C12H18N2O2S. The SMILES string of the molecule is NCC#Cc1ccsc1CN(CCO)CCO. The van der Waals surface area contributed by atoms with E-state index in [4.69, 9.17) is 15.9 Å². The van der Waals surface area contributed by atoms with E-state index in [2.05, 4.69) is 11.8 Å². The molecule has 0 aliphatic rings. The van der Waals surface area contributed by atoms with E-state index < -0.39 is 0 Å². The molecule has 17 heavy (non-hydrogen) atoms. The molecule has 1 aromatic heterocycles. The van der Waals surface area contributed by atoms with Crippen molar-refractivity contribution in [3.05, 3.63) is 21.9 Å². The van der Waals surface area contributed by atoms with E-state index in [1.807, 2.05) is 16.3 Å². The Balaban J connectivity index is 2.68. The number of thiophene rings is 1. The number of aliphatic hydroxyl groups excluding tert-OH is 2. The van der Waals surface area contributed by atoms with Crippen molar-refractivity contribution in [2.75, 3.05) is 32.8 Å².